The first-order valence-corrected chi connectivity index (χ1v) is 38.9. The van der Waals surface area contributed by atoms with Crippen molar-refractivity contribution in [3.63, 3.8) is 0 Å². The number of carboxylic acid groups (broad SMARTS) is 2. The van der Waals surface area contributed by atoms with Gasteiger partial charge < -0.3 is 62.4 Å². The van der Waals surface area contributed by atoms with Crippen LogP contribution in [-0.2, 0) is 54.5 Å². The lowest BCUT2D eigenvalue weighted by molar-refractivity contribution is -2.00. The number of hydrogen-bond donors (Lipinski definition) is 9. The number of nitrogens with zero attached hydrogens (tertiary/aromatic N) is 12. The number of aryl methyl sites for hydroxylation is 8. The van der Waals surface area contributed by atoms with Crippen molar-refractivity contribution >= 4 is 48.0 Å². The maximum atomic E-state index is 12.0. The molecular weight excluding hydrogens is 1410 g/mol. The number of amides is 3. The lowest BCUT2D eigenvalue weighted by atomic mass is 9.89. The summed E-state index contributed by atoms with van der Waals surface area (Å²) in [5, 5.41) is 35.5. The van der Waals surface area contributed by atoms with Crippen LogP contribution in [0.1, 0.15) is 188 Å². The number of nitrogens with one attached hydrogen (secondary N) is 5. The molecule has 3 unspecified atom stereocenters. The molecule has 11 N–H and O–H groups in total. The van der Waals surface area contributed by atoms with Crippen molar-refractivity contribution in [2.45, 2.75) is 196 Å². The van der Waals surface area contributed by atoms with Gasteiger partial charge in [-0.3, -0.25) is 29.4 Å². The second kappa shape index (κ2) is 61.8. The van der Waals surface area contributed by atoms with Gasteiger partial charge in [-0.2, -0.15) is 0 Å². The summed E-state index contributed by atoms with van der Waals surface area (Å²) < 4.78 is 36.0. The predicted octanol–water partition coefficient (Wildman–Crippen LogP) is 2.71. The van der Waals surface area contributed by atoms with E-state index in [0.717, 1.165) is 97.7 Å². The number of aliphatic carboxylic acids is 2. The minimum Gasteiger partial charge on any atom is -0.481 e. The van der Waals surface area contributed by atoms with E-state index < -0.39 is 22.2 Å². The van der Waals surface area contributed by atoms with Gasteiger partial charge in [-0.15, -0.1) is 10.2 Å². The van der Waals surface area contributed by atoms with Gasteiger partial charge in [-0.1, -0.05) is 33.1 Å². The maximum Gasteiger partial charge on any atom is 0.303 e. The summed E-state index contributed by atoms with van der Waals surface area (Å²) in [5.74, 6) is 3.95. The Bertz CT molecular complexity index is 3020. The van der Waals surface area contributed by atoms with Gasteiger partial charge >= 0.3 is 11.9 Å². The molecule has 0 aromatic carbocycles. The van der Waals surface area contributed by atoms with Gasteiger partial charge in [-0.05, 0) is 185 Å². The molecule has 3 aliphatic heterocycles. The van der Waals surface area contributed by atoms with Crippen molar-refractivity contribution in [1.29, 1.82) is 5.41 Å². The highest BCUT2D eigenvalue weighted by molar-refractivity contribution is 5.81. The Kier molecular flexibility index (Phi) is 57.2. The third kappa shape index (κ3) is 61.9. The summed E-state index contributed by atoms with van der Waals surface area (Å²) in [6.45, 7) is 25.3. The average Bonchev–Trinajstić information content (AvgIpc) is 0.921. The minimum atomic E-state index is -4.94. The molecule has 4 aliphatic rings. The van der Waals surface area contributed by atoms with E-state index >= 15 is 0 Å². The van der Waals surface area contributed by atoms with Crippen molar-refractivity contribution in [3.8, 4) is 0 Å². The highest BCUT2D eigenvalue weighted by atomic mass is 35.7. The number of carbonyl (C=O) groups is 6. The number of aromatic nitrogens is 8. The van der Waals surface area contributed by atoms with Crippen LogP contribution in [0.5, 0.6) is 0 Å². The summed E-state index contributed by atoms with van der Waals surface area (Å²) in [7, 11) is 5.31. The van der Waals surface area contributed by atoms with E-state index in [0.29, 0.717) is 74.9 Å². The molecule has 0 spiro atoms. The number of amidine groups is 1. The van der Waals surface area contributed by atoms with E-state index in [1.165, 1.54) is 109 Å². The molecule has 7 heterocycles. The normalized spacial score (nSPS) is 16.2. The quantitative estimate of drug-likeness (QED) is 0.0179. The molecule has 31 nitrogen and oxygen atoms in total. The number of likely N-dealkylation sites (tertiary alicyclic amines) is 2. The molecule has 3 atom stereocenters. The molecule has 32 heteroatoms. The smallest absolute Gasteiger partial charge is 0.303 e. The summed E-state index contributed by atoms with van der Waals surface area (Å²) in [6, 6.07) is 0. The van der Waals surface area contributed by atoms with Gasteiger partial charge in [0.15, 0.2) is 6.21 Å². The molecule has 4 aromatic rings. The number of rotatable bonds is 27. The highest BCUT2D eigenvalue weighted by Crippen LogP contribution is 2.23. The van der Waals surface area contributed by atoms with Crippen LogP contribution in [0.3, 0.4) is 0 Å². The van der Waals surface area contributed by atoms with Crippen molar-refractivity contribution in [1.82, 2.24) is 75.8 Å². The Balaban J connectivity index is 0.00000124. The van der Waals surface area contributed by atoms with Gasteiger partial charge in [0.2, 0.25) is 17.7 Å². The average molecular weight is 1540 g/mol. The Morgan fingerprint density at radius 2 is 0.981 bits per heavy atom. The predicted molar refractivity (Wildman–Crippen MR) is 409 cm³/mol. The molecule has 0 bridgehead atoms. The van der Waals surface area contributed by atoms with Gasteiger partial charge in [0.1, 0.15) is 43.7 Å². The topological polar surface area (TPSA) is 475 Å². The zero-order chi connectivity index (χ0) is 81.1. The number of halogens is 1. The van der Waals surface area contributed by atoms with Crippen LogP contribution in [-0.4, -0.2) is 225 Å². The maximum absolute atomic E-state index is 12.0. The zero-order valence-corrected chi connectivity index (χ0v) is 67.3. The van der Waals surface area contributed by atoms with E-state index in [9.17, 15) is 28.8 Å². The van der Waals surface area contributed by atoms with Crippen LogP contribution in [0.25, 0.3) is 0 Å². The fraction of sp³-hybridized carbons (Fsp3) is 0.658. The Hall–Kier alpha value is -8.01. The molecule has 1 aliphatic carbocycles. The molecule has 108 heavy (non-hydrogen) atoms. The van der Waals surface area contributed by atoms with Crippen LogP contribution >= 0.6 is 0 Å². The number of carbonyl (C=O) groups excluding carboxylic acids is 4. The molecular formula is C76H130ClN19O12. The molecule has 4 fully saturated rings. The van der Waals surface area contributed by atoms with E-state index in [2.05, 4.69) is 104 Å². The molecule has 608 valence electrons. The zero-order valence-electron chi connectivity index (χ0n) is 66.6. The SMILES string of the molecule is C/C(C=[N+](C)C)=C\N(C)C.CCC=O.CCCN1CCCC(CNC(=O)CCc2ncc(C)cn2)C1.CN1CCCC(CN)C1.Cc1cnc(CCC(=O)NCC2CCCCC2)nc1.Cc1cnc(CCC(=O)NCC2CCCNC2)nc1.Cc1cnc(CCC(=O)O)nc1.N=C(N)CCC(=O)O.[O-][Cl+3]([O-])([O-])[O-]. The van der Waals surface area contributed by atoms with Crippen LogP contribution in [0, 0.1) is 67.0 Å². The van der Waals surface area contributed by atoms with E-state index in [-0.39, 0.29) is 42.8 Å². The molecule has 8 rings (SSSR count). The number of piperidine rings is 3. The standard InChI is InChI=1S/C17H28N4O.C15H23N3O.C14H22N4O.C8H10N2O2.C8H17N2.C7H16N2.C4H8N2O2.C3H6O.ClHO4/c1-3-8-21-9-4-5-15(13-21)12-20-17(22)7-6-16-18-10-14(2)11-19-16;1-12-9-16-14(17-10-12)7-8-15(19)18-11-13-5-3-2-4-6-13;1-11-7-16-13(17-8-11)4-5-14(19)18-10-12-3-2-6-15-9-12;1-6-4-9-7(10-5-6)2-3-8(11)12;1-8(6-9(2)3)7-10(4)5;1-9-4-2-3-7(5-8)6-9;5-3(6)1-2-4(7)8;1-2-3-4;2-1(3,4)5/h10-11,15H,3-9,12-13H2,1-2H3,(H,20,22);9-10,13H,2-8,11H2,1H3,(H,18,19);7-8,12,15H,2-6,9-10H2,1H3,(H,18,19);4-5H,2-3H2,1H3,(H,11,12);6-7H,1-5H3;7H,2-6,8H2,1H3;1-2H2,(H3,5,6)(H,7,8);3H,2H2,1H3;(H,2,3,4,5)/q;;;;+1;;;;/p-1. The van der Waals surface area contributed by atoms with E-state index in [1.54, 1.807) is 49.6 Å². The summed E-state index contributed by atoms with van der Waals surface area (Å²) >= 11 is 0. The fourth-order valence-electron chi connectivity index (χ4n) is 11.0. The third-order valence-electron chi connectivity index (χ3n) is 16.4. The molecule has 4 aromatic heterocycles. The number of aldehydes is 1. The largest absolute Gasteiger partial charge is 0.481 e. The molecule has 0 radical (unpaired) electrons. The Labute approximate surface area is 644 Å². The van der Waals surface area contributed by atoms with Crippen molar-refractivity contribution < 1.29 is 72.4 Å². The second-order valence-electron chi connectivity index (χ2n) is 27.8. The Morgan fingerprint density at radius 3 is 1.31 bits per heavy atom. The van der Waals surface area contributed by atoms with Crippen molar-refractivity contribution in [2.24, 2.45) is 35.1 Å². The van der Waals surface area contributed by atoms with Gasteiger partial charge in [0.25, 0.3) is 0 Å². The molecule has 3 saturated heterocycles. The number of hydrogen-bond acceptors (Lipinski definition) is 24. The van der Waals surface area contributed by atoms with Crippen LogP contribution < -0.4 is 51.4 Å². The second-order valence-corrected chi connectivity index (χ2v) is 28.6. The van der Waals surface area contributed by atoms with Crippen LogP contribution in [0.2, 0.25) is 0 Å². The minimum absolute atomic E-state index is 0.0463. The lowest BCUT2D eigenvalue weighted by Crippen LogP contribution is -2.68. The first kappa shape index (κ1) is 100.0. The monoisotopic (exact) mass is 1540 g/mol. The lowest BCUT2D eigenvalue weighted by Gasteiger charge is -2.32. The number of nitrogens with two attached hydrogens (primary N) is 2. The number of allylic oxidation sites excluding steroid dienone is 1. The molecule has 1 saturated carbocycles. The van der Waals surface area contributed by atoms with Crippen LogP contribution in [0.4, 0.5) is 0 Å². The fourth-order valence-corrected chi connectivity index (χ4v) is 11.0. The van der Waals surface area contributed by atoms with Crippen LogP contribution in [0.15, 0.2) is 61.3 Å². The highest BCUT2D eigenvalue weighted by Gasteiger charge is 2.21. The summed E-state index contributed by atoms with van der Waals surface area (Å²) in [4.78, 5) is 105. The third-order valence-corrected chi connectivity index (χ3v) is 16.4. The van der Waals surface area contributed by atoms with Gasteiger partial charge in [0, 0.05) is 166 Å². The van der Waals surface area contributed by atoms with E-state index in [1.807, 2.05) is 72.3 Å². The summed E-state index contributed by atoms with van der Waals surface area (Å²) in [6.07, 6.45) is 38.9. The Morgan fingerprint density at radius 1 is 0.602 bits per heavy atom. The first-order chi connectivity index (χ1) is 51.2. The van der Waals surface area contributed by atoms with Gasteiger partial charge in [-0.25, -0.2) is 63.1 Å². The number of carboxylic acids is 2. The van der Waals surface area contributed by atoms with Gasteiger partial charge in [0.05, 0.1) is 18.7 Å². The van der Waals surface area contributed by atoms with Crippen molar-refractivity contribution in [3.05, 3.63) is 107 Å². The van der Waals surface area contributed by atoms with Crippen molar-refractivity contribution in [2.75, 3.05) is 107 Å². The molecule has 3 amide bonds. The van der Waals surface area contributed by atoms with E-state index in [4.69, 9.17) is 45.7 Å². The first-order valence-electron chi connectivity index (χ1n) is 37.6. The summed E-state index contributed by atoms with van der Waals surface area (Å²) in [5.41, 5.74) is 15.8.